The largest absolute Gasteiger partial charge is 0.352 e. The second-order valence-corrected chi connectivity index (χ2v) is 5.48. The summed E-state index contributed by atoms with van der Waals surface area (Å²) in [6, 6.07) is 6.43. The number of halogens is 1. The zero-order chi connectivity index (χ0) is 15.1. The lowest BCUT2D eigenvalue weighted by Crippen LogP contribution is -2.38. The third-order valence-corrected chi connectivity index (χ3v) is 4.04. The Kier molecular flexibility index (Phi) is 5.93. The number of carbonyl (C=O) groups excluding carboxylic acids is 1. The molecule has 1 saturated heterocycles. The molecular formula is C17H23FN2O. The Balaban J connectivity index is 1.74. The van der Waals surface area contributed by atoms with Crippen LogP contribution in [0, 0.1) is 11.7 Å². The van der Waals surface area contributed by atoms with E-state index in [0.717, 1.165) is 32.5 Å². The first-order valence-corrected chi connectivity index (χ1v) is 7.62. The van der Waals surface area contributed by atoms with Gasteiger partial charge in [0, 0.05) is 18.2 Å². The van der Waals surface area contributed by atoms with Gasteiger partial charge in [0.25, 0.3) is 0 Å². The fraction of sp³-hybridized carbons (Fsp3) is 0.471. The van der Waals surface area contributed by atoms with Crippen LogP contribution in [0.3, 0.4) is 0 Å². The highest BCUT2D eigenvalue weighted by atomic mass is 19.1. The Labute approximate surface area is 125 Å². The summed E-state index contributed by atoms with van der Waals surface area (Å²) in [4.78, 5) is 14.2. The van der Waals surface area contributed by atoms with Gasteiger partial charge >= 0.3 is 0 Å². The zero-order valence-electron chi connectivity index (χ0n) is 12.5. The molecule has 1 aliphatic heterocycles. The summed E-state index contributed by atoms with van der Waals surface area (Å²) in [7, 11) is 0. The van der Waals surface area contributed by atoms with Crippen molar-refractivity contribution in [3.05, 3.63) is 41.7 Å². The van der Waals surface area contributed by atoms with Gasteiger partial charge < -0.3 is 10.2 Å². The third kappa shape index (κ3) is 4.97. The van der Waals surface area contributed by atoms with Gasteiger partial charge in [0.15, 0.2) is 0 Å². The van der Waals surface area contributed by atoms with Crippen LogP contribution in [-0.2, 0) is 4.79 Å². The van der Waals surface area contributed by atoms with Crippen LogP contribution < -0.4 is 5.32 Å². The third-order valence-electron chi connectivity index (χ3n) is 4.04. The standard InChI is InChI=1S/C17H23FN2O/c1-2-20-11-9-14(10-12-20)13-19-17(21)8-7-15-5-3-4-6-16(15)18/h3-8,14H,2,9-13H2,1H3,(H,19,21)/b8-7-. The second-order valence-electron chi connectivity index (χ2n) is 5.48. The first-order valence-electron chi connectivity index (χ1n) is 7.62. The topological polar surface area (TPSA) is 32.3 Å². The molecule has 0 atom stereocenters. The number of carbonyl (C=O) groups is 1. The van der Waals surface area contributed by atoms with Gasteiger partial charge in [-0.15, -0.1) is 0 Å². The van der Waals surface area contributed by atoms with Crippen LogP contribution in [0.25, 0.3) is 6.08 Å². The van der Waals surface area contributed by atoms with Gasteiger partial charge in [-0.05, 0) is 50.5 Å². The van der Waals surface area contributed by atoms with E-state index in [1.807, 2.05) is 0 Å². The first kappa shape index (κ1) is 15.7. The summed E-state index contributed by atoms with van der Waals surface area (Å²) >= 11 is 0. The Morgan fingerprint density at radius 3 is 2.76 bits per heavy atom. The molecule has 114 valence electrons. The number of rotatable bonds is 5. The van der Waals surface area contributed by atoms with Crippen molar-refractivity contribution in [2.75, 3.05) is 26.2 Å². The van der Waals surface area contributed by atoms with E-state index in [1.165, 1.54) is 18.2 Å². The van der Waals surface area contributed by atoms with Crippen LogP contribution in [0.5, 0.6) is 0 Å². The van der Waals surface area contributed by atoms with Crippen molar-refractivity contribution in [1.29, 1.82) is 0 Å². The predicted octanol–water partition coefficient (Wildman–Crippen LogP) is 2.69. The normalized spacial score (nSPS) is 17.2. The molecule has 3 nitrogen and oxygen atoms in total. The number of hydrogen-bond acceptors (Lipinski definition) is 2. The monoisotopic (exact) mass is 290 g/mol. The van der Waals surface area contributed by atoms with E-state index >= 15 is 0 Å². The lowest BCUT2D eigenvalue weighted by molar-refractivity contribution is -0.116. The molecule has 1 aromatic rings. The van der Waals surface area contributed by atoms with E-state index in [9.17, 15) is 9.18 Å². The highest BCUT2D eigenvalue weighted by molar-refractivity contribution is 5.91. The maximum atomic E-state index is 13.4. The van der Waals surface area contributed by atoms with Crippen molar-refractivity contribution >= 4 is 12.0 Å². The number of likely N-dealkylation sites (tertiary alicyclic amines) is 1. The zero-order valence-corrected chi connectivity index (χ0v) is 12.5. The van der Waals surface area contributed by atoms with Crippen LogP contribution in [0.1, 0.15) is 25.3 Å². The van der Waals surface area contributed by atoms with Gasteiger partial charge in [-0.25, -0.2) is 4.39 Å². The van der Waals surface area contributed by atoms with Crippen molar-refractivity contribution in [2.24, 2.45) is 5.92 Å². The van der Waals surface area contributed by atoms with Crippen LogP contribution in [0.2, 0.25) is 0 Å². The lowest BCUT2D eigenvalue weighted by atomic mass is 9.97. The van der Waals surface area contributed by atoms with E-state index < -0.39 is 0 Å². The van der Waals surface area contributed by atoms with Crippen molar-refractivity contribution in [2.45, 2.75) is 19.8 Å². The van der Waals surface area contributed by atoms with Crippen molar-refractivity contribution < 1.29 is 9.18 Å². The van der Waals surface area contributed by atoms with E-state index in [2.05, 4.69) is 17.1 Å². The van der Waals surface area contributed by atoms with Crippen molar-refractivity contribution in [3.8, 4) is 0 Å². The Morgan fingerprint density at radius 2 is 2.10 bits per heavy atom. The molecule has 0 bridgehead atoms. The maximum Gasteiger partial charge on any atom is 0.244 e. The predicted molar refractivity (Wildman–Crippen MR) is 83.3 cm³/mol. The molecule has 1 heterocycles. The maximum absolute atomic E-state index is 13.4. The molecule has 1 amide bonds. The molecule has 2 rings (SSSR count). The molecule has 21 heavy (non-hydrogen) atoms. The quantitative estimate of drug-likeness (QED) is 0.846. The van der Waals surface area contributed by atoms with Gasteiger partial charge in [-0.2, -0.15) is 0 Å². The molecule has 0 aromatic heterocycles. The average molecular weight is 290 g/mol. The highest BCUT2D eigenvalue weighted by Crippen LogP contribution is 2.15. The number of hydrogen-bond donors (Lipinski definition) is 1. The molecule has 1 N–H and O–H groups in total. The van der Waals surface area contributed by atoms with Gasteiger partial charge in [-0.3, -0.25) is 4.79 Å². The second kappa shape index (κ2) is 7.93. The molecule has 1 aliphatic rings. The minimum Gasteiger partial charge on any atom is -0.352 e. The SMILES string of the molecule is CCN1CCC(CNC(=O)/C=C\c2ccccc2F)CC1. The van der Waals surface area contributed by atoms with E-state index in [1.54, 1.807) is 18.2 Å². The summed E-state index contributed by atoms with van der Waals surface area (Å²) < 4.78 is 13.4. The molecule has 0 radical (unpaired) electrons. The van der Waals surface area contributed by atoms with Gasteiger partial charge in [0.05, 0.1) is 0 Å². The van der Waals surface area contributed by atoms with Crippen LogP contribution in [0.4, 0.5) is 4.39 Å². The number of nitrogens with zero attached hydrogens (tertiary/aromatic N) is 1. The Hall–Kier alpha value is -1.68. The first-order chi connectivity index (χ1) is 10.2. The minimum absolute atomic E-state index is 0.156. The number of nitrogens with one attached hydrogen (secondary N) is 1. The molecule has 0 unspecified atom stereocenters. The molecule has 0 aliphatic carbocycles. The number of amides is 1. The number of piperidine rings is 1. The summed E-state index contributed by atoms with van der Waals surface area (Å²) in [6.45, 7) is 6.21. The van der Waals surface area contributed by atoms with Gasteiger partial charge in [0.2, 0.25) is 5.91 Å². The summed E-state index contributed by atoms with van der Waals surface area (Å²) in [5, 5.41) is 2.91. The van der Waals surface area contributed by atoms with Crippen molar-refractivity contribution in [3.63, 3.8) is 0 Å². The molecule has 1 aromatic carbocycles. The number of benzene rings is 1. The molecule has 0 saturated carbocycles. The van der Waals surface area contributed by atoms with Crippen molar-refractivity contribution in [1.82, 2.24) is 10.2 Å². The minimum atomic E-state index is -0.312. The van der Waals surface area contributed by atoms with Crippen LogP contribution in [-0.4, -0.2) is 37.0 Å². The van der Waals surface area contributed by atoms with E-state index in [-0.39, 0.29) is 11.7 Å². The lowest BCUT2D eigenvalue weighted by Gasteiger charge is -2.30. The van der Waals surface area contributed by atoms with Gasteiger partial charge in [0.1, 0.15) is 5.82 Å². The fourth-order valence-electron chi connectivity index (χ4n) is 2.59. The molecule has 1 fully saturated rings. The average Bonchev–Trinajstić information content (AvgIpc) is 2.52. The Morgan fingerprint density at radius 1 is 1.38 bits per heavy atom. The highest BCUT2D eigenvalue weighted by Gasteiger charge is 2.17. The smallest absolute Gasteiger partial charge is 0.244 e. The van der Waals surface area contributed by atoms with E-state index in [0.29, 0.717) is 18.0 Å². The summed E-state index contributed by atoms with van der Waals surface area (Å²) in [5.74, 6) is 0.0864. The fourth-order valence-corrected chi connectivity index (χ4v) is 2.59. The molecular weight excluding hydrogens is 267 g/mol. The Bertz CT molecular complexity index is 493. The summed E-state index contributed by atoms with van der Waals surface area (Å²) in [6.07, 6.45) is 5.18. The molecule has 0 spiro atoms. The van der Waals surface area contributed by atoms with E-state index in [4.69, 9.17) is 0 Å². The van der Waals surface area contributed by atoms with Crippen LogP contribution in [0.15, 0.2) is 30.3 Å². The van der Waals surface area contributed by atoms with Gasteiger partial charge in [-0.1, -0.05) is 25.1 Å². The molecule has 4 heteroatoms. The van der Waals surface area contributed by atoms with Crippen LogP contribution >= 0.6 is 0 Å². The summed E-state index contributed by atoms with van der Waals surface area (Å²) in [5.41, 5.74) is 0.434.